The molecule has 3 aromatic heterocycles. The van der Waals surface area contributed by atoms with Crippen molar-refractivity contribution in [3.8, 4) is 17.1 Å². The van der Waals surface area contributed by atoms with Gasteiger partial charge in [0.15, 0.2) is 11.0 Å². The van der Waals surface area contributed by atoms with Crippen LogP contribution in [0.5, 0.6) is 0 Å². The maximum Gasteiger partial charge on any atom is 0.191 e. The highest BCUT2D eigenvalue weighted by molar-refractivity contribution is 7.99. The predicted octanol–water partition coefficient (Wildman–Crippen LogP) is 3.31. The summed E-state index contributed by atoms with van der Waals surface area (Å²) in [5.41, 5.74) is 2.97. The molecule has 130 valence electrons. The largest absolute Gasteiger partial charge is 0.312 e. The van der Waals surface area contributed by atoms with Gasteiger partial charge in [-0.3, -0.25) is 0 Å². The summed E-state index contributed by atoms with van der Waals surface area (Å²) in [6.07, 6.45) is 5.23. The second-order valence-corrected chi connectivity index (χ2v) is 7.13. The summed E-state index contributed by atoms with van der Waals surface area (Å²) in [5.74, 6) is 0.690. The average molecular weight is 363 g/mol. The molecule has 0 saturated carbocycles. The van der Waals surface area contributed by atoms with E-state index in [1.807, 2.05) is 54.1 Å². The van der Waals surface area contributed by atoms with Crippen molar-refractivity contribution in [2.75, 3.05) is 0 Å². The van der Waals surface area contributed by atoms with Crippen LogP contribution in [-0.4, -0.2) is 34.7 Å². The minimum absolute atomic E-state index is 0.198. The Morgan fingerprint density at radius 2 is 1.96 bits per heavy atom. The zero-order chi connectivity index (χ0) is 17.9. The van der Waals surface area contributed by atoms with Crippen molar-refractivity contribution >= 4 is 11.8 Å². The number of thioether (sulfide) groups is 1. The Balaban J connectivity index is 1.58. The summed E-state index contributed by atoms with van der Waals surface area (Å²) >= 11 is 1.65. The van der Waals surface area contributed by atoms with Crippen molar-refractivity contribution in [3.63, 3.8) is 0 Å². The molecule has 0 saturated heterocycles. The number of benzene rings is 1. The van der Waals surface area contributed by atoms with Crippen molar-refractivity contribution < 1.29 is 0 Å². The monoisotopic (exact) mass is 363 g/mol. The van der Waals surface area contributed by atoms with Crippen LogP contribution in [0.2, 0.25) is 0 Å². The first kappa shape index (κ1) is 16.5. The van der Waals surface area contributed by atoms with Crippen LogP contribution >= 0.6 is 11.8 Å². The van der Waals surface area contributed by atoms with E-state index in [1.54, 1.807) is 35.3 Å². The highest BCUT2D eigenvalue weighted by Crippen LogP contribution is 2.33. The first-order chi connectivity index (χ1) is 12.7. The molecule has 0 spiro atoms. The van der Waals surface area contributed by atoms with Crippen LogP contribution in [-0.2, 0) is 7.05 Å². The van der Waals surface area contributed by atoms with E-state index in [2.05, 4.69) is 32.3 Å². The van der Waals surface area contributed by atoms with Gasteiger partial charge in [-0.15, -0.1) is 20.1 Å². The second-order valence-electron chi connectivity index (χ2n) is 5.82. The summed E-state index contributed by atoms with van der Waals surface area (Å²) in [6, 6.07) is 14.0. The molecule has 0 radical (unpaired) electrons. The molecular weight excluding hydrogens is 346 g/mol. The normalized spacial score (nSPS) is 12.2. The molecule has 7 nitrogen and oxygen atoms in total. The summed E-state index contributed by atoms with van der Waals surface area (Å²) < 4.78 is 1.91. The average Bonchev–Trinajstić information content (AvgIpc) is 3.32. The molecule has 8 heteroatoms. The second kappa shape index (κ2) is 7.09. The first-order valence-electron chi connectivity index (χ1n) is 8.15. The lowest BCUT2D eigenvalue weighted by Gasteiger charge is -2.11. The van der Waals surface area contributed by atoms with Gasteiger partial charge >= 0.3 is 0 Å². The van der Waals surface area contributed by atoms with Gasteiger partial charge in [0.2, 0.25) is 0 Å². The van der Waals surface area contributed by atoms with Crippen LogP contribution in [0.3, 0.4) is 0 Å². The predicted molar refractivity (Wildman–Crippen MR) is 99.9 cm³/mol. The molecule has 3 heterocycles. The summed E-state index contributed by atoms with van der Waals surface area (Å²) in [6.45, 7) is 2.13. The SMILES string of the molecule is CC(Sc1nncn1C)c1ccnc(-n2ncc(-c3ccccc3)n2)c1. The van der Waals surface area contributed by atoms with Gasteiger partial charge in [-0.25, -0.2) is 4.98 Å². The molecule has 1 aromatic carbocycles. The van der Waals surface area contributed by atoms with Gasteiger partial charge in [-0.1, -0.05) is 42.1 Å². The molecule has 0 aliphatic heterocycles. The summed E-state index contributed by atoms with van der Waals surface area (Å²) in [7, 11) is 1.94. The smallest absolute Gasteiger partial charge is 0.191 e. The van der Waals surface area contributed by atoms with E-state index in [9.17, 15) is 0 Å². The topological polar surface area (TPSA) is 74.3 Å². The Labute approximate surface area is 155 Å². The first-order valence-corrected chi connectivity index (χ1v) is 9.03. The van der Waals surface area contributed by atoms with Gasteiger partial charge in [-0.2, -0.15) is 5.10 Å². The zero-order valence-electron chi connectivity index (χ0n) is 14.4. The fraction of sp³-hybridized carbons (Fsp3) is 0.167. The number of hydrogen-bond acceptors (Lipinski definition) is 6. The number of rotatable bonds is 5. The van der Waals surface area contributed by atoms with Gasteiger partial charge in [0, 0.05) is 24.1 Å². The molecule has 0 aliphatic rings. The summed E-state index contributed by atoms with van der Waals surface area (Å²) in [5, 5.41) is 18.0. The Hall–Kier alpha value is -3.00. The van der Waals surface area contributed by atoms with Crippen LogP contribution in [0.4, 0.5) is 0 Å². The third kappa shape index (κ3) is 3.36. The fourth-order valence-electron chi connectivity index (χ4n) is 2.52. The van der Waals surface area contributed by atoms with Gasteiger partial charge in [-0.05, 0) is 24.6 Å². The number of nitrogens with zero attached hydrogens (tertiary/aromatic N) is 7. The van der Waals surface area contributed by atoms with Gasteiger partial charge < -0.3 is 4.57 Å². The lowest BCUT2D eigenvalue weighted by Crippen LogP contribution is -2.03. The number of aryl methyl sites for hydroxylation is 1. The standard InChI is InChI=1S/C18H17N7S/c1-13(26-18-22-20-12-24(18)2)15-8-9-19-17(10-15)25-21-11-16(23-25)14-6-4-3-5-7-14/h3-13H,1-2H3. The van der Waals surface area contributed by atoms with Crippen molar-refractivity contribution in [1.29, 1.82) is 0 Å². The lowest BCUT2D eigenvalue weighted by molar-refractivity contribution is 0.728. The van der Waals surface area contributed by atoms with Crippen molar-refractivity contribution in [1.82, 2.24) is 34.7 Å². The van der Waals surface area contributed by atoms with E-state index in [-0.39, 0.29) is 5.25 Å². The highest BCUT2D eigenvalue weighted by Gasteiger charge is 2.13. The molecule has 1 atom stereocenters. The Kier molecular flexibility index (Phi) is 4.49. The van der Waals surface area contributed by atoms with Crippen LogP contribution in [0, 0.1) is 0 Å². The fourth-order valence-corrected chi connectivity index (χ4v) is 3.42. The number of pyridine rings is 1. The van der Waals surface area contributed by atoms with Crippen molar-refractivity contribution in [3.05, 3.63) is 66.7 Å². The Bertz CT molecular complexity index is 1010. The van der Waals surface area contributed by atoms with Gasteiger partial charge in [0.05, 0.1) is 6.20 Å². The number of aromatic nitrogens is 7. The minimum atomic E-state index is 0.198. The van der Waals surface area contributed by atoms with E-state index in [0.29, 0.717) is 5.82 Å². The Morgan fingerprint density at radius 3 is 2.73 bits per heavy atom. The third-order valence-electron chi connectivity index (χ3n) is 3.96. The molecule has 0 N–H and O–H groups in total. The molecule has 0 bridgehead atoms. The molecule has 1 unspecified atom stereocenters. The third-order valence-corrected chi connectivity index (χ3v) is 5.16. The van der Waals surface area contributed by atoms with Gasteiger partial charge in [0.25, 0.3) is 0 Å². The quantitative estimate of drug-likeness (QED) is 0.507. The van der Waals surface area contributed by atoms with E-state index in [4.69, 9.17) is 0 Å². The van der Waals surface area contributed by atoms with E-state index >= 15 is 0 Å². The Morgan fingerprint density at radius 1 is 1.12 bits per heavy atom. The van der Waals surface area contributed by atoms with E-state index < -0.39 is 0 Å². The molecule has 26 heavy (non-hydrogen) atoms. The summed E-state index contributed by atoms with van der Waals surface area (Å²) in [4.78, 5) is 5.97. The maximum absolute atomic E-state index is 4.55. The van der Waals surface area contributed by atoms with Crippen molar-refractivity contribution in [2.45, 2.75) is 17.3 Å². The molecule has 4 rings (SSSR count). The maximum atomic E-state index is 4.55. The zero-order valence-corrected chi connectivity index (χ0v) is 15.2. The molecule has 0 fully saturated rings. The minimum Gasteiger partial charge on any atom is -0.312 e. The van der Waals surface area contributed by atoms with Crippen molar-refractivity contribution in [2.24, 2.45) is 7.05 Å². The molecule has 0 aliphatic carbocycles. The van der Waals surface area contributed by atoms with E-state index in [1.165, 1.54) is 0 Å². The molecule has 0 amide bonds. The highest BCUT2D eigenvalue weighted by atomic mass is 32.2. The molecule has 4 aromatic rings. The molecular formula is C18H17N7S. The van der Waals surface area contributed by atoms with E-state index in [0.717, 1.165) is 22.0 Å². The van der Waals surface area contributed by atoms with Crippen LogP contribution in [0.1, 0.15) is 17.7 Å². The van der Waals surface area contributed by atoms with Crippen LogP contribution < -0.4 is 0 Å². The van der Waals surface area contributed by atoms with Gasteiger partial charge in [0.1, 0.15) is 12.0 Å². The lowest BCUT2D eigenvalue weighted by atomic mass is 10.2. The van der Waals surface area contributed by atoms with Crippen LogP contribution in [0.25, 0.3) is 17.1 Å². The number of hydrogen-bond donors (Lipinski definition) is 0. The van der Waals surface area contributed by atoms with Crippen LogP contribution in [0.15, 0.2) is 66.3 Å².